The van der Waals surface area contributed by atoms with E-state index in [4.69, 9.17) is 0 Å². The number of phenolic OH excluding ortho intramolecular Hbond substituents is 1. The average Bonchev–Trinajstić information content (AvgIpc) is 2.92. The lowest BCUT2D eigenvalue weighted by Gasteiger charge is -2.23. The second-order valence-corrected chi connectivity index (χ2v) is 7.89. The van der Waals surface area contributed by atoms with Gasteiger partial charge in [-0.1, -0.05) is 19.9 Å². The molecule has 0 aliphatic heterocycles. The van der Waals surface area contributed by atoms with Gasteiger partial charge in [0, 0.05) is 16.8 Å². The van der Waals surface area contributed by atoms with E-state index in [0.29, 0.717) is 6.54 Å². The van der Waals surface area contributed by atoms with Crippen LogP contribution in [-0.2, 0) is 15.4 Å². The van der Waals surface area contributed by atoms with Gasteiger partial charge < -0.3 is 5.11 Å². The molecule has 108 valence electrons. The van der Waals surface area contributed by atoms with Crippen molar-refractivity contribution in [2.75, 3.05) is 6.54 Å². The van der Waals surface area contributed by atoms with Crippen molar-refractivity contribution < 1.29 is 13.5 Å². The van der Waals surface area contributed by atoms with Gasteiger partial charge >= 0.3 is 0 Å². The largest absolute Gasteiger partial charge is 0.508 e. The molecule has 0 radical (unpaired) electrons. The zero-order valence-corrected chi connectivity index (χ0v) is 13.0. The molecular formula is C14H17NO3S2. The van der Waals surface area contributed by atoms with E-state index < -0.39 is 10.0 Å². The van der Waals surface area contributed by atoms with Crippen molar-refractivity contribution in [1.82, 2.24) is 4.72 Å². The molecule has 6 heteroatoms. The predicted molar refractivity (Wildman–Crippen MR) is 80.6 cm³/mol. The smallest absolute Gasteiger partial charge is 0.240 e. The molecule has 0 spiro atoms. The molecule has 2 aromatic rings. The number of nitrogens with one attached hydrogen (secondary N) is 1. The number of sulfonamides is 1. The highest BCUT2D eigenvalue weighted by Crippen LogP contribution is 2.27. The Morgan fingerprint density at radius 2 is 1.85 bits per heavy atom. The van der Waals surface area contributed by atoms with Crippen molar-refractivity contribution in [3.05, 3.63) is 46.7 Å². The maximum Gasteiger partial charge on any atom is 0.240 e. The second-order valence-electron chi connectivity index (χ2n) is 5.18. The third kappa shape index (κ3) is 3.39. The van der Waals surface area contributed by atoms with E-state index in [0.717, 1.165) is 4.88 Å². The maximum absolute atomic E-state index is 12.2. The monoisotopic (exact) mass is 311 g/mol. The molecule has 2 rings (SSSR count). The fourth-order valence-corrected chi connectivity index (χ4v) is 3.80. The van der Waals surface area contributed by atoms with Gasteiger partial charge in [-0.25, -0.2) is 13.1 Å². The van der Waals surface area contributed by atoms with Crippen LogP contribution < -0.4 is 4.72 Å². The minimum absolute atomic E-state index is 0.0443. The van der Waals surface area contributed by atoms with Crippen LogP contribution in [-0.4, -0.2) is 20.1 Å². The number of rotatable bonds is 5. The lowest BCUT2D eigenvalue weighted by molar-refractivity contribution is 0.474. The Labute approximate surface area is 123 Å². The third-order valence-electron chi connectivity index (χ3n) is 3.04. The summed E-state index contributed by atoms with van der Waals surface area (Å²) in [6.45, 7) is 4.31. The van der Waals surface area contributed by atoms with Gasteiger partial charge in [0.05, 0.1) is 4.90 Å². The summed E-state index contributed by atoms with van der Waals surface area (Å²) in [5.74, 6) is 0.0443. The maximum atomic E-state index is 12.2. The van der Waals surface area contributed by atoms with Gasteiger partial charge in [0.25, 0.3) is 0 Å². The highest BCUT2D eigenvalue weighted by atomic mass is 32.2. The van der Waals surface area contributed by atoms with Crippen LogP contribution >= 0.6 is 11.3 Å². The van der Waals surface area contributed by atoms with E-state index in [2.05, 4.69) is 4.72 Å². The molecule has 0 bridgehead atoms. The Kier molecular flexibility index (Phi) is 4.17. The number of thiophene rings is 1. The molecule has 1 aromatic carbocycles. The first kappa shape index (κ1) is 15.0. The van der Waals surface area contributed by atoms with Gasteiger partial charge in [0.15, 0.2) is 0 Å². The van der Waals surface area contributed by atoms with E-state index in [-0.39, 0.29) is 16.1 Å². The van der Waals surface area contributed by atoms with Crippen LogP contribution in [0.4, 0.5) is 0 Å². The van der Waals surface area contributed by atoms with Crippen molar-refractivity contribution in [3.8, 4) is 5.75 Å². The lowest BCUT2D eigenvalue weighted by Crippen LogP contribution is -2.36. The molecule has 20 heavy (non-hydrogen) atoms. The minimum Gasteiger partial charge on any atom is -0.508 e. The molecule has 0 saturated carbocycles. The topological polar surface area (TPSA) is 66.4 Å². The van der Waals surface area contributed by atoms with Gasteiger partial charge in [-0.2, -0.15) is 0 Å². The van der Waals surface area contributed by atoms with Crippen LogP contribution in [0.1, 0.15) is 18.7 Å². The number of aromatic hydroxyl groups is 1. The Balaban J connectivity index is 2.12. The first-order valence-electron chi connectivity index (χ1n) is 6.14. The first-order chi connectivity index (χ1) is 9.31. The van der Waals surface area contributed by atoms with Crippen LogP contribution in [0, 0.1) is 0 Å². The first-order valence-corrected chi connectivity index (χ1v) is 8.50. The van der Waals surface area contributed by atoms with Crippen LogP contribution in [0.3, 0.4) is 0 Å². The van der Waals surface area contributed by atoms with E-state index in [1.165, 1.54) is 24.3 Å². The highest BCUT2D eigenvalue weighted by molar-refractivity contribution is 7.89. The van der Waals surface area contributed by atoms with Crippen molar-refractivity contribution in [1.29, 1.82) is 0 Å². The Morgan fingerprint density at radius 3 is 2.40 bits per heavy atom. The van der Waals surface area contributed by atoms with Gasteiger partial charge in [-0.3, -0.25) is 0 Å². The zero-order valence-electron chi connectivity index (χ0n) is 11.3. The summed E-state index contributed by atoms with van der Waals surface area (Å²) >= 11 is 1.61. The number of hydrogen-bond acceptors (Lipinski definition) is 4. The molecule has 2 N–H and O–H groups in total. The fourth-order valence-electron chi connectivity index (χ4n) is 1.73. The average molecular weight is 311 g/mol. The molecule has 0 unspecified atom stereocenters. The van der Waals surface area contributed by atoms with Crippen molar-refractivity contribution in [2.45, 2.75) is 24.2 Å². The molecule has 0 atom stereocenters. The molecular weight excluding hydrogens is 294 g/mol. The normalized spacial score (nSPS) is 12.5. The summed E-state index contributed by atoms with van der Waals surface area (Å²) in [6, 6.07) is 9.44. The molecule has 0 saturated heterocycles. The van der Waals surface area contributed by atoms with Crippen LogP contribution in [0.5, 0.6) is 5.75 Å². The number of benzene rings is 1. The minimum atomic E-state index is -3.56. The molecule has 0 fully saturated rings. The zero-order chi connectivity index (χ0) is 14.8. The summed E-state index contributed by atoms with van der Waals surface area (Å²) in [5, 5.41) is 11.2. The molecule has 4 nitrogen and oxygen atoms in total. The summed E-state index contributed by atoms with van der Waals surface area (Å²) in [5.41, 5.74) is -0.266. The van der Waals surface area contributed by atoms with Crippen molar-refractivity contribution >= 4 is 21.4 Å². The molecule has 0 aliphatic carbocycles. The standard InChI is InChI=1S/C14H17NO3S2/c1-14(2,13-4-3-9-19-13)10-15-20(17,18)12-7-5-11(16)6-8-12/h3-9,15-16H,10H2,1-2H3. The molecule has 0 aliphatic rings. The number of phenols is 1. The van der Waals surface area contributed by atoms with Gasteiger partial charge in [-0.15, -0.1) is 11.3 Å². The lowest BCUT2D eigenvalue weighted by atomic mass is 9.92. The van der Waals surface area contributed by atoms with Crippen molar-refractivity contribution in [3.63, 3.8) is 0 Å². The Hall–Kier alpha value is -1.37. The van der Waals surface area contributed by atoms with Gasteiger partial charge in [-0.05, 0) is 35.7 Å². The quantitative estimate of drug-likeness (QED) is 0.892. The van der Waals surface area contributed by atoms with Crippen LogP contribution in [0.15, 0.2) is 46.7 Å². The Bertz CT molecular complexity index is 659. The summed E-state index contributed by atoms with van der Waals surface area (Å²) in [6.07, 6.45) is 0. The predicted octanol–water partition coefficient (Wildman–Crippen LogP) is 2.71. The van der Waals surface area contributed by atoms with Gasteiger partial charge in [0.1, 0.15) is 5.75 Å². The van der Waals surface area contributed by atoms with E-state index >= 15 is 0 Å². The van der Waals surface area contributed by atoms with E-state index in [1.54, 1.807) is 11.3 Å². The summed E-state index contributed by atoms with van der Waals surface area (Å²) < 4.78 is 27.0. The molecule has 1 heterocycles. The Morgan fingerprint density at radius 1 is 1.20 bits per heavy atom. The highest BCUT2D eigenvalue weighted by Gasteiger charge is 2.25. The molecule has 0 amide bonds. The summed E-state index contributed by atoms with van der Waals surface area (Å²) in [4.78, 5) is 1.28. The second kappa shape index (κ2) is 5.55. The fraction of sp³-hybridized carbons (Fsp3) is 0.286. The van der Waals surface area contributed by atoms with Crippen LogP contribution in [0.2, 0.25) is 0 Å². The third-order valence-corrected chi connectivity index (χ3v) is 5.69. The van der Waals surface area contributed by atoms with E-state index in [1.807, 2.05) is 31.4 Å². The molecule has 1 aromatic heterocycles. The van der Waals surface area contributed by atoms with Crippen molar-refractivity contribution in [2.24, 2.45) is 0 Å². The van der Waals surface area contributed by atoms with Crippen LogP contribution in [0.25, 0.3) is 0 Å². The van der Waals surface area contributed by atoms with Gasteiger partial charge in [0.2, 0.25) is 10.0 Å². The van der Waals surface area contributed by atoms with E-state index in [9.17, 15) is 13.5 Å². The SMILES string of the molecule is CC(C)(CNS(=O)(=O)c1ccc(O)cc1)c1cccs1. The number of hydrogen-bond donors (Lipinski definition) is 2. The summed E-state index contributed by atoms with van der Waals surface area (Å²) in [7, 11) is -3.56.